The van der Waals surface area contributed by atoms with E-state index < -0.39 is 4.11 Å². The Morgan fingerprint density at radius 2 is 2.03 bits per heavy atom. The summed E-state index contributed by atoms with van der Waals surface area (Å²) in [6.45, 7) is 6.07. The fourth-order valence-electron chi connectivity index (χ4n) is 3.63. The molecule has 1 unspecified atom stereocenters. The van der Waals surface area contributed by atoms with Crippen molar-refractivity contribution >= 4 is 45.9 Å². The number of aliphatic hydroxyl groups excluding tert-OH is 1. The van der Waals surface area contributed by atoms with E-state index in [9.17, 15) is 9.90 Å². The van der Waals surface area contributed by atoms with E-state index in [4.69, 9.17) is 11.6 Å². The lowest BCUT2D eigenvalue weighted by Crippen LogP contribution is -2.41. The molecule has 156 valence electrons. The van der Waals surface area contributed by atoms with Crippen molar-refractivity contribution in [2.75, 3.05) is 18.0 Å². The fraction of sp³-hybridized carbons (Fsp3) is 0.455. The molecule has 5 nitrogen and oxygen atoms in total. The zero-order chi connectivity index (χ0) is 21.0. The van der Waals surface area contributed by atoms with E-state index in [1.807, 2.05) is 52.9 Å². The number of nitrogens with one attached hydrogen (secondary N) is 1. The van der Waals surface area contributed by atoms with Crippen molar-refractivity contribution in [3.63, 3.8) is 0 Å². The fourth-order valence-corrected chi connectivity index (χ4v) is 4.29. The molecule has 29 heavy (non-hydrogen) atoms. The maximum absolute atomic E-state index is 12.9. The topological polar surface area (TPSA) is 65.5 Å². The summed E-state index contributed by atoms with van der Waals surface area (Å²) in [5, 5.41) is 13.7. The Kier molecular flexibility index (Phi) is 7.76. The van der Waals surface area contributed by atoms with Crippen molar-refractivity contribution in [1.29, 1.82) is 0 Å². The summed E-state index contributed by atoms with van der Waals surface area (Å²) >= 11 is 8.16. The van der Waals surface area contributed by atoms with Crippen LogP contribution < -0.4 is 10.2 Å². The molecule has 1 aromatic carbocycles. The van der Waals surface area contributed by atoms with Crippen molar-refractivity contribution in [2.24, 2.45) is 5.92 Å². The molecule has 0 saturated carbocycles. The second kappa shape index (κ2) is 10.1. The van der Waals surface area contributed by atoms with Gasteiger partial charge in [0.2, 0.25) is 0 Å². The molecule has 1 amide bonds. The Labute approximate surface area is 191 Å². The Bertz CT molecular complexity index is 854. The van der Waals surface area contributed by atoms with Crippen molar-refractivity contribution in [3.05, 3.63) is 47.1 Å². The third-order valence-electron chi connectivity index (χ3n) is 5.04. The Balaban J connectivity index is 1.94. The molecule has 0 spiro atoms. The first-order chi connectivity index (χ1) is 13.8. The van der Waals surface area contributed by atoms with E-state index in [0.717, 1.165) is 42.9 Å². The lowest BCUT2D eigenvalue weighted by Gasteiger charge is -2.23. The Hall–Kier alpha value is -1.38. The van der Waals surface area contributed by atoms with Crippen LogP contribution in [0.5, 0.6) is 0 Å². The Morgan fingerprint density at radius 3 is 2.66 bits per heavy atom. The van der Waals surface area contributed by atoms with Crippen molar-refractivity contribution in [3.8, 4) is 11.1 Å². The van der Waals surface area contributed by atoms with Crippen molar-refractivity contribution in [1.82, 2.24) is 10.3 Å². The summed E-state index contributed by atoms with van der Waals surface area (Å²) in [5.74, 6) is 1.02. The van der Waals surface area contributed by atoms with Crippen LogP contribution in [0.3, 0.4) is 0 Å². The van der Waals surface area contributed by atoms with E-state index in [-0.39, 0.29) is 11.9 Å². The number of nitrogens with zero attached hydrogens (tertiary/aromatic N) is 2. The van der Waals surface area contributed by atoms with Crippen LogP contribution in [-0.4, -0.2) is 39.2 Å². The van der Waals surface area contributed by atoms with E-state index in [1.165, 1.54) is 0 Å². The number of anilines is 1. The van der Waals surface area contributed by atoms with E-state index >= 15 is 0 Å². The monoisotopic (exact) mass is 527 g/mol. The number of amides is 1. The van der Waals surface area contributed by atoms with Gasteiger partial charge in [0, 0.05) is 29.9 Å². The van der Waals surface area contributed by atoms with Crippen molar-refractivity contribution in [2.45, 2.75) is 43.3 Å². The van der Waals surface area contributed by atoms with Gasteiger partial charge in [0.05, 0.1) is 11.6 Å². The first-order valence-electron chi connectivity index (χ1n) is 9.99. The quantitative estimate of drug-likeness (QED) is 0.397. The average Bonchev–Trinajstić information content (AvgIpc) is 3.21. The van der Waals surface area contributed by atoms with E-state index in [2.05, 4.69) is 29.0 Å². The highest BCUT2D eigenvalue weighted by atomic mass is 127. The van der Waals surface area contributed by atoms with Gasteiger partial charge >= 0.3 is 0 Å². The number of pyridine rings is 1. The molecular formula is C22H27ClIN3O2. The van der Waals surface area contributed by atoms with Crippen LogP contribution in [0.1, 0.15) is 43.5 Å². The van der Waals surface area contributed by atoms with Gasteiger partial charge in [0.15, 0.2) is 0 Å². The number of carbonyl (C=O) groups is 1. The van der Waals surface area contributed by atoms with Crippen LogP contribution in [0, 0.1) is 5.92 Å². The van der Waals surface area contributed by atoms with Crippen LogP contribution in [0.15, 0.2) is 36.5 Å². The van der Waals surface area contributed by atoms with Gasteiger partial charge in [-0.25, -0.2) is 4.98 Å². The maximum atomic E-state index is 12.9. The van der Waals surface area contributed by atoms with Gasteiger partial charge in [-0.1, -0.05) is 37.6 Å². The number of rotatable bonds is 7. The van der Waals surface area contributed by atoms with E-state index in [0.29, 0.717) is 22.9 Å². The number of carbonyl (C=O) groups excluding carboxylic acids is 1. The van der Waals surface area contributed by atoms with Gasteiger partial charge in [0.25, 0.3) is 5.91 Å². The summed E-state index contributed by atoms with van der Waals surface area (Å²) in [4.78, 5) is 19.8. The molecule has 2 N–H and O–H groups in total. The van der Waals surface area contributed by atoms with Gasteiger partial charge in [-0.15, -0.1) is 0 Å². The third kappa shape index (κ3) is 5.83. The molecule has 0 bridgehead atoms. The summed E-state index contributed by atoms with van der Waals surface area (Å²) in [7, 11) is 0. The zero-order valence-corrected chi connectivity index (χ0v) is 19.7. The number of halogens is 2. The largest absolute Gasteiger partial charge is 0.381 e. The zero-order valence-electron chi connectivity index (χ0n) is 16.7. The summed E-state index contributed by atoms with van der Waals surface area (Å²) in [6.07, 6.45) is 4.62. The highest BCUT2D eigenvalue weighted by Crippen LogP contribution is 2.33. The number of aromatic nitrogens is 1. The van der Waals surface area contributed by atoms with Crippen LogP contribution in [0.25, 0.3) is 11.1 Å². The number of hydrogen-bond acceptors (Lipinski definition) is 4. The highest BCUT2D eigenvalue weighted by Gasteiger charge is 2.23. The number of hydrogen-bond donors (Lipinski definition) is 2. The van der Waals surface area contributed by atoms with E-state index in [1.54, 1.807) is 6.20 Å². The second-order valence-corrected chi connectivity index (χ2v) is 9.59. The minimum atomic E-state index is -0.650. The molecule has 0 radical (unpaired) electrons. The molecule has 1 aliphatic heterocycles. The van der Waals surface area contributed by atoms with Crippen LogP contribution >= 0.6 is 34.2 Å². The molecule has 1 fully saturated rings. The molecule has 1 saturated heterocycles. The molecule has 0 aliphatic carbocycles. The number of alkyl halides is 1. The van der Waals surface area contributed by atoms with Gasteiger partial charge < -0.3 is 15.3 Å². The molecular weight excluding hydrogens is 501 g/mol. The van der Waals surface area contributed by atoms with Gasteiger partial charge in [0.1, 0.15) is 9.93 Å². The number of benzene rings is 1. The predicted octanol–water partition coefficient (Wildman–Crippen LogP) is 4.90. The molecule has 2 heterocycles. The first-order valence-corrected chi connectivity index (χ1v) is 11.6. The minimum absolute atomic E-state index is 0.227. The molecule has 2 aromatic rings. The first kappa shape index (κ1) is 22.3. The predicted molar refractivity (Wildman–Crippen MR) is 127 cm³/mol. The smallest absolute Gasteiger partial charge is 0.253 e. The molecule has 2 atom stereocenters. The van der Waals surface area contributed by atoms with Crippen LogP contribution in [-0.2, 0) is 0 Å². The van der Waals surface area contributed by atoms with Crippen LogP contribution in [0.4, 0.5) is 5.82 Å². The van der Waals surface area contributed by atoms with Gasteiger partial charge in [-0.05, 0) is 71.5 Å². The molecule has 3 rings (SSSR count). The lowest BCUT2D eigenvalue weighted by atomic mass is 10.0. The molecule has 7 heteroatoms. The van der Waals surface area contributed by atoms with Crippen molar-refractivity contribution < 1.29 is 9.90 Å². The highest BCUT2D eigenvalue weighted by molar-refractivity contribution is 14.1. The average molecular weight is 528 g/mol. The molecule has 1 aliphatic rings. The second-order valence-electron chi connectivity index (χ2n) is 7.88. The molecule has 1 aromatic heterocycles. The lowest BCUT2D eigenvalue weighted by molar-refractivity contribution is 0.0901. The maximum Gasteiger partial charge on any atom is 0.253 e. The van der Waals surface area contributed by atoms with Gasteiger partial charge in [-0.2, -0.15) is 0 Å². The van der Waals surface area contributed by atoms with Gasteiger partial charge in [-0.3, -0.25) is 4.79 Å². The normalized spacial score (nSPS) is 16.1. The Morgan fingerprint density at radius 1 is 1.31 bits per heavy atom. The standard InChI is InChI=1S/C22H27ClIN3O2/c1-14(2)10-19(20(24)28)26-22(29)16-12-18(15-6-5-7-17(23)11-15)21(25-13-16)27-8-3-4-9-27/h5-7,11-14,19-20,28H,3-4,8-10H2,1-2H3,(H,26,29)/t19-,20?/m1/s1. The minimum Gasteiger partial charge on any atom is -0.381 e. The summed E-state index contributed by atoms with van der Waals surface area (Å²) in [5.41, 5.74) is 2.32. The number of aliphatic hydroxyl groups is 1. The summed E-state index contributed by atoms with van der Waals surface area (Å²) in [6, 6.07) is 9.20. The SMILES string of the molecule is CC(C)C[C@@H](NC(=O)c1cnc(N2CCCC2)c(-c2cccc(Cl)c2)c1)C(O)I. The summed E-state index contributed by atoms with van der Waals surface area (Å²) < 4.78 is -0.650. The third-order valence-corrected chi connectivity index (χ3v) is 6.15. The van der Waals surface area contributed by atoms with Crippen LogP contribution in [0.2, 0.25) is 5.02 Å².